The van der Waals surface area contributed by atoms with E-state index < -0.39 is 29.7 Å². The molecule has 114 valence electrons. The van der Waals surface area contributed by atoms with Gasteiger partial charge in [0.25, 0.3) is 5.91 Å². The maximum atomic E-state index is 12.4. The minimum Gasteiger partial charge on any atom is -0.481 e. The van der Waals surface area contributed by atoms with E-state index in [0.717, 1.165) is 18.3 Å². The first kappa shape index (κ1) is 15.3. The summed E-state index contributed by atoms with van der Waals surface area (Å²) in [5, 5.41) is 8.96. The molecule has 0 bridgehead atoms. The average Bonchev–Trinajstić information content (AvgIpc) is 2.46. The van der Waals surface area contributed by atoms with Gasteiger partial charge in [0, 0.05) is 19.3 Å². The fraction of sp³-hybridized carbons (Fsp3) is 0.462. The molecule has 8 heteroatoms. The number of hydrogen-bond donors (Lipinski definition) is 1. The number of pyridine rings is 1. The summed E-state index contributed by atoms with van der Waals surface area (Å²) >= 11 is 0. The number of carbonyl (C=O) groups is 2. The normalized spacial score (nSPS) is 19.4. The van der Waals surface area contributed by atoms with Gasteiger partial charge >= 0.3 is 12.1 Å². The van der Waals surface area contributed by atoms with E-state index in [9.17, 15) is 22.8 Å². The van der Waals surface area contributed by atoms with Gasteiger partial charge in [-0.2, -0.15) is 13.2 Å². The molecular formula is C13H13F3N2O3. The third kappa shape index (κ3) is 3.50. The summed E-state index contributed by atoms with van der Waals surface area (Å²) in [7, 11) is 0. The third-order valence-corrected chi connectivity index (χ3v) is 3.36. The summed E-state index contributed by atoms with van der Waals surface area (Å²) in [6.45, 7) is 0.457. The van der Waals surface area contributed by atoms with Crippen molar-refractivity contribution in [1.82, 2.24) is 9.88 Å². The Labute approximate surface area is 118 Å². The number of aliphatic carboxylic acids is 1. The van der Waals surface area contributed by atoms with Crippen LogP contribution in [-0.2, 0) is 11.0 Å². The molecule has 1 amide bonds. The molecular weight excluding hydrogens is 289 g/mol. The smallest absolute Gasteiger partial charge is 0.433 e. The zero-order valence-corrected chi connectivity index (χ0v) is 10.9. The van der Waals surface area contributed by atoms with Crippen LogP contribution in [0.25, 0.3) is 0 Å². The second-order valence-electron chi connectivity index (χ2n) is 4.86. The lowest BCUT2D eigenvalue weighted by Gasteiger charge is -2.30. The van der Waals surface area contributed by atoms with Crippen LogP contribution in [0, 0.1) is 5.92 Å². The van der Waals surface area contributed by atoms with Crippen molar-refractivity contribution in [2.45, 2.75) is 19.0 Å². The van der Waals surface area contributed by atoms with E-state index in [2.05, 4.69) is 4.98 Å². The van der Waals surface area contributed by atoms with Gasteiger partial charge in [0.2, 0.25) is 0 Å². The predicted molar refractivity (Wildman–Crippen MR) is 65.5 cm³/mol. The molecule has 2 rings (SSSR count). The summed E-state index contributed by atoms with van der Waals surface area (Å²) < 4.78 is 37.2. The zero-order chi connectivity index (χ0) is 15.6. The van der Waals surface area contributed by atoms with Crippen LogP contribution < -0.4 is 0 Å². The van der Waals surface area contributed by atoms with Crippen molar-refractivity contribution in [2.24, 2.45) is 5.92 Å². The average molecular weight is 302 g/mol. The first-order valence-corrected chi connectivity index (χ1v) is 6.34. The Morgan fingerprint density at radius 2 is 2.05 bits per heavy atom. The van der Waals surface area contributed by atoms with Gasteiger partial charge in [-0.15, -0.1) is 0 Å². The van der Waals surface area contributed by atoms with Crippen molar-refractivity contribution >= 4 is 11.9 Å². The summed E-state index contributed by atoms with van der Waals surface area (Å²) in [6, 6.07) is 1.80. The number of aromatic nitrogens is 1. The fourth-order valence-corrected chi connectivity index (χ4v) is 2.23. The van der Waals surface area contributed by atoms with Gasteiger partial charge in [-0.25, -0.2) is 0 Å². The molecule has 1 aliphatic rings. The highest BCUT2D eigenvalue weighted by Crippen LogP contribution is 2.27. The number of alkyl halides is 3. The van der Waals surface area contributed by atoms with Crippen molar-refractivity contribution in [3.05, 3.63) is 29.6 Å². The molecule has 0 aliphatic carbocycles. The zero-order valence-electron chi connectivity index (χ0n) is 10.9. The van der Waals surface area contributed by atoms with Crippen molar-refractivity contribution in [3.8, 4) is 0 Å². The lowest BCUT2D eigenvalue weighted by atomic mass is 9.98. The molecule has 2 heterocycles. The third-order valence-electron chi connectivity index (χ3n) is 3.36. The first-order chi connectivity index (χ1) is 9.79. The van der Waals surface area contributed by atoms with Gasteiger partial charge in [-0.05, 0) is 25.0 Å². The topological polar surface area (TPSA) is 70.5 Å². The molecule has 1 saturated heterocycles. The van der Waals surface area contributed by atoms with Crippen LogP contribution in [0.1, 0.15) is 28.9 Å². The standard InChI is InChI=1S/C13H13F3N2O3/c14-13(15,16)10-4-3-8(6-17-10)11(19)18-5-1-2-9(7-18)12(20)21/h3-4,6,9H,1-2,5,7H2,(H,20,21)/t9-/m1/s1. The number of carboxylic acids is 1. The minimum absolute atomic E-state index is 0.0223. The first-order valence-electron chi connectivity index (χ1n) is 6.34. The summed E-state index contributed by atoms with van der Waals surface area (Å²) in [6.07, 6.45) is -2.64. The van der Waals surface area contributed by atoms with Gasteiger partial charge in [-0.1, -0.05) is 0 Å². The second-order valence-corrected chi connectivity index (χ2v) is 4.86. The van der Waals surface area contributed by atoms with E-state index in [4.69, 9.17) is 5.11 Å². The van der Waals surface area contributed by atoms with Crippen molar-refractivity contribution in [3.63, 3.8) is 0 Å². The van der Waals surface area contributed by atoms with Gasteiger partial charge in [0.05, 0.1) is 11.5 Å². The number of halogens is 3. The number of rotatable bonds is 2. The highest BCUT2D eigenvalue weighted by atomic mass is 19.4. The van der Waals surface area contributed by atoms with Crippen LogP contribution in [0.3, 0.4) is 0 Å². The molecule has 0 radical (unpaired) electrons. The van der Waals surface area contributed by atoms with Crippen LogP contribution in [0.15, 0.2) is 18.3 Å². The van der Waals surface area contributed by atoms with Crippen molar-refractivity contribution < 1.29 is 27.9 Å². The van der Waals surface area contributed by atoms with Crippen LogP contribution in [-0.4, -0.2) is 40.0 Å². The highest BCUT2D eigenvalue weighted by molar-refractivity contribution is 5.94. The van der Waals surface area contributed by atoms with Crippen LogP contribution in [0.5, 0.6) is 0 Å². The number of hydrogen-bond acceptors (Lipinski definition) is 3. The number of amides is 1. The van der Waals surface area contributed by atoms with E-state index in [1.807, 2.05) is 0 Å². The van der Waals surface area contributed by atoms with Gasteiger partial charge in [-0.3, -0.25) is 14.6 Å². The Morgan fingerprint density at radius 1 is 1.33 bits per heavy atom. The minimum atomic E-state index is -4.55. The molecule has 0 spiro atoms. The molecule has 5 nitrogen and oxygen atoms in total. The number of piperidine rings is 1. The SMILES string of the molecule is O=C(O)[C@@H]1CCCN(C(=O)c2ccc(C(F)(F)F)nc2)C1. The van der Waals surface area contributed by atoms with E-state index in [1.54, 1.807) is 0 Å². The lowest BCUT2D eigenvalue weighted by molar-refractivity contribution is -0.143. The Morgan fingerprint density at radius 3 is 2.57 bits per heavy atom. The molecule has 0 aromatic carbocycles. The van der Waals surface area contributed by atoms with E-state index in [1.165, 1.54) is 4.90 Å². The van der Waals surface area contributed by atoms with E-state index in [-0.39, 0.29) is 12.1 Å². The number of carboxylic acid groups (broad SMARTS) is 1. The molecule has 21 heavy (non-hydrogen) atoms. The molecule has 1 atom stereocenters. The van der Waals surface area contributed by atoms with Gasteiger partial charge in [0.15, 0.2) is 0 Å². The molecule has 1 aliphatic heterocycles. The molecule has 1 N–H and O–H groups in total. The highest BCUT2D eigenvalue weighted by Gasteiger charge is 2.33. The van der Waals surface area contributed by atoms with Crippen LogP contribution in [0.2, 0.25) is 0 Å². The molecule has 0 saturated carbocycles. The Hall–Kier alpha value is -2.12. The quantitative estimate of drug-likeness (QED) is 0.907. The molecule has 1 aromatic heterocycles. The number of likely N-dealkylation sites (tertiary alicyclic amines) is 1. The molecule has 0 unspecified atom stereocenters. The van der Waals surface area contributed by atoms with Gasteiger partial charge < -0.3 is 10.0 Å². The van der Waals surface area contributed by atoms with Crippen LogP contribution in [0.4, 0.5) is 13.2 Å². The maximum Gasteiger partial charge on any atom is 0.433 e. The van der Waals surface area contributed by atoms with Crippen molar-refractivity contribution in [1.29, 1.82) is 0 Å². The Balaban J connectivity index is 2.11. The predicted octanol–water partition coefficient (Wildman–Crippen LogP) is 2.04. The van der Waals surface area contributed by atoms with E-state index in [0.29, 0.717) is 19.4 Å². The summed E-state index contributed by atoms with van der Waals surface area (Å²) in [4.78, 5) is 27.7. The van der Waals surface area contributed by atoms with Gasteiger partial charge in [0.1, 0.15) is 5.69 Å². The van der Waals surface area contributed by atoms with E-state index >= 15 is 0 Å². The monoisotopic (exact) mass is 302 g/mol. The van der Waals surface area contributed by atoms with Crippen LogP contribution >= 0.6 is 0 Å². The number of carbonyl (C=O) groups excluding carboxylic acids is 1. The van der Waals surface area contributed by atoms with Crippen molar-refractivity contribution in [2.75, 3.05) is 13.1 Å². The number of nitrogens with zero attached hydrogens (tertiary/aromatic N) is 2. The largest absolute Gasteiger partial charge is 0.481 e. The second kappa shape index (κ2) is 5.71. The molecule has 1 fully saturated rings. The summed E-state index contributed by atoms with van der Waals surface area (Å²) in [5.74, 6) is -2.11. The maximum absolute atomic E-state index is 12.4. The molecule has 1 aromatic rings. The Kier molecular flexibility index (Phi) is 4.15. The Bertz CT molecular complexity index is 543. The summed E-state index contributed by atoms with van der Waals surface area (Å²) in [5.41, 5.74) is -1.05. The fourth-order valence-electron chi connectivity index (χ4n) is 2.23. The lowest BCUT2D eigenvalue weighted by Crippen LogP contribution is -2.42.